The lowest BCUT2D eigenvalue weighted by molar-refractivity contribution is -0.158. The van der Waals surface area contributed by atoms with E-state index >= 15 is 0 Å². The zero-order valence-electron chi connectivity index (χ0n) is 25.8. The summed E-state index contributed by atoms with van der Waals surface area (Å²) in [7, 11) is -8.09. The van der Waals surface area contributed by atoms with Gasteiger partial charge in [-0.1, -0.05) is 11.6 Å². The molecule has 21 heteroatoms. The van der Waals surface area contributed by atoms with E-state index in [1.807, 2.05) is 0 Å². The number of nitrogens with one attached hydrogen (secondary N) is 4. The zero-order valence-corrected chi connectivity index (χ0v) is 28.3. The minimum Gasteiger partial charge on any atom is -0.506 e. The van der Waals surface area contributed by atoms with Gasteiger partial charge in [0.15, 0.2) is 28.8 Å². The fourth-order valence-corrected chi connectivity index (χ4v) is 7.11. The van der Waals surface area contributed by atoms with Crippen LogP contribution in [0.5, 0.6) is 5.75 Å². The number of nitrogen functional groups attached to an aromatic ring is 1. The van der Waals surface area contributed by atoms with Crippen molar-refractivity contribution in [2.45, 2.75) is 63.5 Å². The van der Waals surface area contributed by atoms with Crippen LogP contribution in [0.4, 0.5) is 23.3 Å². The van der Waals surface area contributed by atoms with Gasteiger partial charge in [-0.05, 0) is 64.3 Å². The number of carbonyl (C=O) groups excluding carboxylic acids is 1. The number of halogens is 1. The summed E-state index contributed by atoms with van der Waals surface area (Å²) in [6.07, 6.45) is 0.441. The number of aliphatic hydroxyl groups is 2. The second-order valence-corrected chi connectivity index (χ2v) is 15.5. The van der Waals surface area contributed by atoms with E-state index in [2.05, 4.69) is 30.6 Å². The molecule has 3 atom stereocenters. The number of nitrogens with two attached hydrogens (primary N) is 1. The van der Waals surface area contributed by atoms with Crippen molar-refractivity contribution in [3.8, 4) is 5.75 Å². The summed E-state index contributed by atoms with van der Waals surface area (Å²) in [6.45, 7) is 3.95. The van der Waals surface area contributed by atoms with Crippen molar-refractivity contribution in [2.24, 2.45) is 0 Å². The molecule has 2 aliphatic heterocycles. The minimum atomic E-state index is -4.42. The average molecular weight is 719 g/mol. The van der Waals surface area contributed by atoms with Gasteiger partial charge in [0.2, 0.25) is 22.2 Å². The maximum Gasteiger partial charge on any atom is 0.460 e. The van der Waals surface area contributed by atoms with Crippen LogP contribution < -0.4 is 35.8 Å². The monoisotopic (exact) mass is 718 g/mol. The second kappa shape index (κ2) is 12.8. The number of carbonyl (C=O) groups is 1. The Morgan fingerprint density at radius 2 is 1.98 bits per heavy atom. The molecule has 258 valence electrons. The first-order valence-electron chi connectivity index (χ1n) is 14.3. The summed E-state index contributed by atoms with van der Waals surface area (Å²) in [5.41, 5.74) is 5.12. The van der Waals surface area contributed by atoms with E-state index in [0.29, 0.717) is 24.3 Å². The molecule has 1 fully saturated rings. The molecule has 1 aliphatic carbocycles. The number of ether oxygens (including phenoxy) is 2. The summed E-state index contributed by atoms with van der Waals surface area (Å²) in [5, 5.41) is 28.6. The SMILES string of the molecule is CC(C)OC(=O)C1(NP(=O)(OCC2=C(O)[C@@](C)(O)C(N3CNc4c(NNS(C)(=O)=O)nc(N)nc43)O2)Oc2ccc(Cl)cc2)CCC1. The molecule has 0 spiro atoms. The van der Waals surface area contributed by atoms with Crippen LogP contribution in [-0.2, 0) is 33.4 Å². The number of hydrazine groups is 1. The van der Waals surface area contributed by atoms with E-state index in [4.69, 9.17) is 35.9 Å². The summed E-state index contributed by atoms with van der Waals surface area (Å²) < 4.78 is 60.4. The number of esters is 1. The van der Waals surface area contributed by atoms with Crippen molar-refractivity contribution in [1.29, 1.82) is 0 Å². The number of nitrogens with zero attached hydrogens (tertiary/aromatic N) is 3. The largest absolute Gasteiger partial charge is 0.506 e. The standard InChI is InChI=1S/C26H36ClN8O10PS/c1-14(2)43-23(37)26(10-5-11-26)33-46(39,45-16-8-6-15(27)7-9-16)42-12-17-19(36)25(3,38)22(44-17)35-13-29-18-20(32-34-47(4,40)41)30-24(28)31-21(18)35/h6-9,14,22,29,34,36,38H,5,10-13H2,1-4H3,(H,33,39)(H3,28,30,31,32)/t22?,25-,46?/m1/s1. The lowest BCUT2D eigenvalue weighted by Gasteiger charge is -2.41. The van der Waals surface area contributed by atoms with Crippen LogP contribution >= 0.6 is 19.3 Å². The van der Waals surface area contributed by atoms with Crippen LogP contribution in [0.2, 0.25) is 5.02 Å². The first kappa shape index (κ1) is 34.7. The highest BCUT2D eigenvalue weighted by Crippen LogP contribution is 2.52. The van der Waals surface area contributed by atoms with Crippen molar-refractivity contribution in [3.63, 3.8) is 0 Å². The quantitative estimate of drug-likeness (QED) is 0.0891. The Morgan fingerprint density at radius 1 is 1.30 bits per heavy atom. The van der Waals surface area contributed by atoms with Gasteiger partial charge < -0.3 is 35.3 Å². The molecule has 3 heterocycles. The first-order valence-corrected chi connectivity index (χ1v) is 18.2. The van der Waals surface area contributed by atoms with E-state index in [-0.39, 0.29) is 41.4 Å². The number of aromatic nitrogens is 2. The molecular weight excluding hydrogens is 683 g/mol. The number of anilines is 4. The molecule has 0 bridgehead atoms. The van der Waals surface area contributed by atoms with Crippen molar-refractivity contribution >= 4 is 58.6 Å². The van der Waals surface area contributed by atoms with E-state index in [0.717, 1.165) is 6.26 Å². The third kappa shape index (κ3) is 7.45. The molecule has 47 heavy (non-hydrogen) atoms. The second-order valence-electron chi connectivity index (χ2n) is 11.6. The average Bonchev–Trinajstić information content (AvgIpc) is 3.46. The molecule has 1 aromatic carbocycles. The van der Waals surface area contributed by atoms with Crippen LogP contribution in [0.15, 0.2) is 35.8 Å². The lowest BCUT2D eigenvalue weighted by atomic mass is 9.78. The highest BCUT2D eigenvalue weighted by atomic mass is 35.5. The Hall–Kier alpha value is -3.58. The van der Waals surface area contributed by atoms with Gasteiger partial charge in [0.1, 0.15) is 23.6 Å². The summed E-state index contributed by atoms with van der Waals surface area (Å²) in [6, 6.07) is 5.95. The van der Waals surface area contributed by atoms with Gasteiger partial charge >= 0.3 is 13.7 Å². The maximum absolute atomic E-state index is 14.3. The minimum absolute atomic E-state index is 0.00826. The van der Waals surface area contributed by atoms with Gasteiger partial charge in [-0.3, -0.25) is 19.6 Å². The third-order valence-corrected chi connectivity index (χ3v) is 9.76. The summed E-state index contributed by atoms with van der Waals surface area (Å²) >= 11 is 5.99. The molecule has 3 aliphatic rings. The smallest absolute Gasteiger partial charge is 0.460 e. The van der Waals surface area contributed by atoms with Gasteiger partial charge in [0, 0.05) is 5.02 Å². The van der Waals surface area contributed by atoms with Gasteiger partial charge in [-0.25, -0.2) is 13.0 Å². The Balaban J connectivity index is 1.38. The number of aliphatic hydroxyl groups excluding tert-OH is 1. The Morgan fingerprint density at radius 3 is 2.57 bits per heavy atom. The molecular formula is C26H36ClN8O10PS. The Kier molecular flexibility index (Phi) is 9.46. The molecule has 0 radical (unpaired) electrons. The highest BCUT2D eigenvalue weighted by molar-refractivity contribution is 7.88. The first-order chi connectivity index (χ1) is 21.9. The van der Waals surface area contributed by atoms with Crippen LogP contribution in [0, 0.1) is 0 Å². The predicted octanol–water partition coefficient (Wildman–Crippen LogP) is 2.32. The van der Waals surface area contributed by atoms with E-state index in [1.54, 1.807) is 13.8 Å². The number of hydrogen-bond donors (Lipinski definition) is 7. The molecule has 1 saturated carbocycles. The molecule has 2 aromatic rings. The normalized spacial score (nSPS) is 23.0. The van der Waals surface area contributed by atoms with Gasteiger partial charge in [-0.2, -0.15) is 15.1 Å². The predicted molar refractivity (Wildman–Crippen MR) is 171 cm³/mol. The zero-order chi connectivity index (χ0) is 34.4. The number of benzene rings is 1. The fraction of sp³-hybridized carbons (Fsp3) is 0.500. The lowest BCUT2D eigenvalue weighted by Crippen LogP contribution is -2.57. The van der Waals surface area contributed by atoms with E-state index in [1.165, 1.54) is 36.1 Å². The van der Waals surface area contributed by atoms with Crippen LogP contribution in [-0.4, -0.2) is 77.6 Å². The summed E-state index contributed by atoms with van der Waals surface area (Å²) in [4.78, 5) is 24.8. The van der Waals surface area contributed by atoms with Crippen molar-refractivity contribution in [1.82, 2.24) is 19.9 Å². The van der Waals surface area contributed by atoms with Crippen LogP contribution in [0.3, 0.4) is 0 Å². The topological polar surface area (TPSA) is 249 Å². The van der Waals surface area contributed by atoms with E-state index in [9.17, 15) is 28.0 Å². The van der Waals surface area contributed by atoms with Crippen molar-refractivity contribution < 1.29 is 46.5 Å². The molecule has 1 aromatic heterocycles. The number of hydrogen-bond acceptors (Lipinski definition) is 16. The van der Waals surface area contributed by atoms with E-state index < -0.39 is 59.6 Å². The molecule has 0 saturated heterocycles. The number of rotatable bonds is 13. The van der Waals surface area contributed by atoms with Gasteiger partial charge in [-0.15, -0.1) is 4.83 Å². The molecule has 5 rings (SSSR count). The van der Waals surface area contributed by atoms with Crippen molar-refractivity contribution in [3.05, 3.63) is 40.8 Å². The molecule has 18 nitrogen and oxygen atoms in total. The number of sulfonamides is 1. The van der Waals surface area contributed by atoms with Crippen LogP contribution in [0.1, 0.15) is 40.0 Å². The molecule has 8 N–H and O–H groups in total. The Labute approximate surface area is 275 Å². The van der Waals surface area contributed by atoms with Gasteiger partial charge in [0.25, 0.3) is 0 Å². The van der Waals surface area contributed by atoms with Crippen molar-refractivity contribution in [2.75, 3.05) is 40.9 Å². The van der Waals surface area contributed by atoms with Gasteiger partial charge in [0.05, 0.1) is 19.0 Å². The Bertz CT molecular complexity index is 1720. The maximum atomic E-state index is 14.3. The highest BCUT2D eigenvalue weighted by Gasteiger charge is 2.54. The summed E-state index contributed by atoms with van der Waals surface area (Å²) in [5.74, 6) is -1.56. The molecule has 0 amide bonds. The molecule has 2 unspecified atom stereocenters. The third-order valence-electron chi connectivity index (χ3n) is 7.42. The number of fused-ring (bicyclic) bond motifs is 1. The fourth-order valence-electron chi connectivity index (χ4n) is 5.02. The van der Waals surface area contributed by atoms with Crippen LogP contribution in [0.25, 0.3) is 0 Å².